The fourth-order valence-corrected chi connectivity index (χ4v) is 4.66. The van der Waals surface area contributed by atoms with Crippen molar-refractivity contribution in [1.82, 2.24) is 10.2 Å². The Hall–Kier alpha value is -4.33. The molecular formula is C35H45N3O5. The van der Waals surface area contributed by atoms with Gasteiger partial charge in [-0.25, -0.2) is 4.79 Å². The molecule has 0 fully saturated rings. The van der Waals surface area contributed by atoms with E-state index in [4.69, 9.17) is 9.47 Å². The maximum Gasteiger partial charge on any atom is 0.408 e. The molecule has 0 saturated heterocycles. The van der Waals surface area contributed by atoms with E-state index < -0.39 is 35.2 Å². The van der Waals surface area contributed by atoms with Crippen LogP contribution < -0.4 is 15.4 Å². The van der Waals surface area contributed by atoms with Gasteiger partial charge in [0.1, 0.15) is 23.4 Å². The summed E-state index contributed by atoms with van der Waals surface area (Å²) in [5.74, 6) is -0.106. The Morgan fingerprint density at radius 2 is 1.47 bits per heavy atom. The molecule has 8 heteroatoms. The number of alkyl carbamates (subject to hydrolysis) is 1. The van der Waals surface area contributed by atoms with Crippen LogP contribution in [0.1, 0.15) is 70.7 Å². The standard InChI is InChI=1S/C35H45N3O5/c1-9-35(6,7)38(32(40)29(23-25-13-11-10-12-14-25)37-33(41)43-34(3,4)5)30(26-17-15-24(2)16-18-26)31(39)36-27-19-21-28(42-8)22-20-27/h10-22,29-30H,9,23H2,1-8H3,(H,36,39)(H,37,41). The van der Waals surface area contributed by atoms with Crippen molar-refractivity contribution in [3.05, 3.63) is 95.6 Å². The summed E-state index contributed by atoms with van der Waals surface area (Å²) in [7, 11) is 1.58. The molecule has 3 amide bonds. The second kappa shape index (κ2) is 14.2. The van der Waals surface area contributed by atoms with E-state index in [-0.39, 0.29) is 12.3 Å². The van der Waals surface area contributed by atoms with Crippen molar-refractivity contribution >= 4 is 23.6 Å². The highest BCUT2D eigenvalue weighted by Crippen LogP contribution is 2.33. The zero-order valence-corrected chi connectivity index (χ0v) is 26.6. The highest BCUT2D eigenvalue weighted by Gasteiger charge is 2.43. The second-order valence-electron chi connectivity index (χ2n) is 12.3. The number of nitrogens with zero attached hydrogens (tertiary/aromatic N) is 1. The summed E-state index contributed by atoms with van der Waals surface area (Å²) in [6.45, 7) is 13.1. The fraction of sp³-hybridized carbons (Fsp3) is 0.400. The number of ether oxygens (including phenoxy) is 2. The number of hydrogen-bond donors (Lipinski definition) is 2. The zero-order valence-electron chi connectivity index (χ0n) is 26.6. The van der Waals surface area contributed by atoms with Crippen molar-refractivity contribution in [3.63, 3.8) is 0 Å². The van der Waals surface area contributed by atoms with Crippen molar-refractivity contribution in [1.29, 1.82) is 0 Å². The number of methoxy groups -OCH3 is 1. The number of carbonyl (C=O) groups excluding carboxylic acids is 3. The minimum Gasteiger partial charge on any atom is -0.497 e. The van der Waals surface area contributed by atoms with E-state index in [2.05, 4.69) is 10.6 Å². The molecule has 3 aromatic carbocycles. The van der Waals surface area contributed by atoms with Crippen LogP contribution in [0.2, 0.25) is 0 Å². The molecule has 0 bridgehead atoms. The van der Waals surface area contributed by atoms with Gasteiger partial charge in [-0.3, -0.25) is 9.59 Å². The quantitative estimate of drug-likeness (QED) is 0.256. The van der Waals surface area contributed by atoms with Gasteiger partial charge in [0.2, 0.25) is 5.91 Å². The molecular weight excluding hydrogens is 542 g/mol. The zero-order chi connectivity index (χ0) is 31.8. The van der Waals surface area contributed by atoms with Crippen LogP contribution in [-0.2, 0) is 20.7 Å². The molecule has 0 aliphatic carbocycles. The predicted molar refractivity (Wildman–Crippen MR) is 170 cm³/mol. The van der Waals surface area contributed by atoms with E-state index >= 15 is 0 Å². The highest BCUT2D eigenvalue weighted by molar-refractivity contribution is 5.99. The largest absolute Gasteiger partial charge is 0.497 e. The van der Waals surface area contributed by atoms with Crippen molar-refractivity contribution in [2.24, 2.45) is 0 Å². The summed E-state index contributed by atoms with van der Waals surface area (Å²) in [4.78, 5) is 43.6. The number of benzene rings is 3. The molecule has 0 aliphatic heterocycles. The monoisotopic (exact) mass is 587 g/mol. The molecule has 8 nitrogen and oxygen atoms in total. The van der Waals surface area contributed by atoms with E-state index in [1.54, 1.807) is 57.0 Å². The summed E-state index contributed by atoms with van der Waals surface area (Å²) < 4.78 is 10.8. The number of aryl methyl sites for hydroxylation is 1. The van der Waals surface area contributed by atoms with E-state index in [1.807, 2.05) is 82.3 Å². The highest BCUT2D eigenvalue weighted by atomic mass is 16.6. The summed E-state index contributed by atoms with van der Waals surface area (Å²) in [6, 6.07) is 22.1. The molecule has 2 unspecified atom stereocenters. The van der Waals surface area contributed by atoms with Crippen LogP contribution >= 0.6 is 0 Å². The van der Waals surface area contributed by atoms with Gasteiger partial charge in [-0.2, -0.15) is 0 Å². The van der Waals surface area contributed by atoms with Crippen molar-refractivity contribution < 1.29 is 23.9 Å². The Kier molecular flexibility index (Phi) is 11.0. The van der Waals surface area contributed by atoms with Crippen LogP contribution in [0.25, 0.3) is 0 Å². The third kappa shape index (κ3) is 9.33. The molecule has 230 valence electrons. The minimum atomic E-state index is -0.996. The lowest BCUT2D eigenvalue weighted by Crippen LogP contribution is -2.59. The Morgan fingerprint density at radius 1 is 0.860 bits per heavy atom. The molecule has 3 aromatic rings. The van der Waals surface area contributed by atoms with Gasteiger partial charge in [0.05, 0.1) is 7.11 Å². The van der Waals surface area contributed by atoms with Crippen LogP contribution in [0.4, 0.5) is 10.5 Å². The lowest BCUT2D eigenvalue weighted by Gasteiger charge is -2.44. The van der Waals surface area contributed by atoms with E-state index in [0.29, 0.717) is 23.4 Å². The van der Waals surface area contributed by atoms with Gasteiger partial charge in [0.15, 0.2) is 0 Å². The third-order valence-electron chi connectivity index (χ3n) is 7.28. The first-order valence-electron chi connectivity index (χ1n) is 14.6. The van der Waals surface area contributed by atoms with Gasteiger partial charge in [-0.05, 0) is 83.4 Å². The first-order chi connectivity index (χ1) is 20.2. The van der Waals surface area contributed by atoms with Gasteiger partial charge in [0, 0.05) is 17.6 Å². The Balaban J connectivity index is 2.11. The molecule has 2 N–H and O–H groups in total. The van der Waals surface area contributed by atoms with E-state index in [1.165, 1.54) is 0 Å². The average Bonchev–Trinajstić information content (AvgIpc) is 2.95. The van der Waals surface area contributed by atoms with Gasteiger partial charge < -0.3 is 25.0 Å². The lowest BCUT2D eigenvalue weighted by molar-refractivity contribution is -0.147. The normalized spacial score (nSPS) is 12.9. The molecule has 43 heavy (non-hydrogen) atoms. The number of rotatable bonds is 11. The predicted octanol–water partition coefficient (Wildman–Crippen LogP) is 6.84. The SMILES string of the molecule is CCC(C)(C)N(C(=O)C(Cc1ccccc1)NC(=O)OC(C)(C)C)C(C(=O)Nc1ccc(OC)cc1)c1ccc(C)cc1. The first kappa shape index (κ1) is 33.2. The Morgan fingerprint density at radius 3 is 2.00 bits per heavy atom. The van der Waals surface area contributed by atoms with E-state index in [0.717, 1.165) is 11.1 Å². The molecule has 3 rings (SSSR count). The lowest BCUT2D eigenvalue weighted by atomic mass is 9.91. The summed E-state index contributed by atoms with van der Waals surface area (Å²) in [5.41, 5.74) is 1.59. The molecule has 0 spiro atoms. The summed E-state index contributed by atoms with van der Waals surface area (Å²) >= 11 is 0. The van der Waals surface area contributed by atoms with Gasteiger partial charge >= 0.3 is 6.09 Å². The number of carbonyl (C=O) groups is 3. The summed E-state index contributed by atoms with van der Waals surface area (Å²) in [6.07, 6.45) is 0.0720. The van der Waals surface area contributed by atoms with Crippen LogP contribution in [0.15, 0.2) is 78.9 Å². The van der Waals surface area contributed by atoms with E-state index in [9.17, 15) is 14.4 Å². The minimum absolute atomic E-state index is 0.218. The topological polar surface area (TPSA) is 97.0 Å². The smallest absolute Gasteiger partial charge is 0.408 e. The van der Waals surface area contributed by atoms with Crippen molar-refractivity contribution in [2.45, 2.75) is 84.5 Å². The van der Waals surface area contributed by atoms with Gasteiger partial charge in [0.25, 0.3) is 5.91 Å². The maximum atomic E-state index is 14.7. The first-order valence-corrected chi connectivity index (χ1v) is 14.6. The second-order valence-corrected chi connectivity index (χ2v) is 12.3. The maximum absolute atomic E-state index is 14.7. The summed E-state index contributed by atoms with van der Waals surface area (Å²) in [5, 5.41) is 5.82. The molecule has 0 saturated carbocycles. The molecule has 0 aromatic heterocycles. The van der Waals surface area contributed by atoms with Crippen molar-refractivity contribution in [3.8, 4) is 5.75 Å². The van der Waals surface area contributed by atoms with Crippen LogP contribution in [0.3, 0.4) is 0 Å². The van der Waals surface area contributed by atoms with Crippen molar-refractivity contribution in [2.75, 3.05) is 12.4 Å². The Labute approximate surface area is 255 Å². The molecule has 0 aliphatic rings. The Bertz CT molecular complexity index is 1360. The molecule has 2 atom stereocenters. The average molecular weight is 588 g/mol. The number of hydrogen-bond acceptors (Lipinski definition) is 5. The van der Waals surface area contributed by atoms with Crippen LogP contribution in [-0.4, -0.2) is 47.1 Å². The van der Waals surface area contributed by atoms with Crippen LogP contribution in [0, 0.1) is 6.92 Å². The van der Waals surface area contributed by atoms with Gasteiger partial charge in [-0.15, -0.1) is 0 Å². The van der Waals surface area contributed by atoms with Gasteiger partial charge in [-0.1, -0.05) is 67.1 Å². The number of anilines is 1. The number of nitrogens with one attached hydrogen (secondary N) is 2. The molecule has 0 heterocycles. The van der Waals surface area contributed by atoms with Crippen LogP contribution in [0.5, 0.6) is 5.75 Å². The molecule has 0 radical (unpaired) electrons. The third-order valence-corrected chi connectivity index (χ3v) is 7.28. The number of amides is 3. The fourth-order valence-electron chi connectivity index (χ4n) is 4.66.